The average molecular weight is 448 g/mol. The van der Waals surface area contributed by atoms with Gasteiger partial charge in [0.05, 0.1) is 0 Å². The molecule has 144 valence electrons. The van der Waals surface area contributed by atoms with Gasteiger partial charge in [0.15, 0.2) is 4.07 Å². The molecule has 1 aromatic carbocycles. The van der Waals surface area contributed by atoms with Crippen molar-refractivity contribution in [3.05, 3.63) is 30.3 Å². The Bertz CT molecular complexity index is 471. The number of hydrogen-bond donors (Lipinski definition) is 0. The normalized spacial score (nSPS) is 13.7. The second-order valence-electron chi connectivity index (χ2n) is 5.97. The Morgan fingerprint density at radius 2 is 1.40 bits per heavy atom. The van der Waals surface area contributed by atoms with E-state index in [0.29, 0.717) is 18.6 Å². The SMILES string of the molecule is CCCCCC(Cl)(Cl)OP(Oc1ccccc1)C(Cl)(Cl)CCCCC. The monoisotopic (exact) mass is 446 g/mol. The smallest absolute Gasteiger partial charge is 0.271 e. The molecule has 0 aliphatic rings. The summed E-state index contributed by atoms with van der Waals surface area (Å²) in [5, 5.41) is 0. The van der Waals surface area contributed by atoms with Crippen LogP contribution in [0.5, 0.6) is 5.75 Å². The first kappa shape index (κ1) is 23.6. The molecule has 1 atom stereocenters. The highest BCUT2D eigenvalue weighted by atomic mass is 35.5. The van der Waals surface area contributed by atoms with E-state index in [2.05, 4.69) is 13.8 Å². The van der Waals surface area contributed by atoms with Gasteiger partial charge in [-0.05, 0) is 31.4 Å². The van der Waals surface area contributed by atoms with Crippen LogP contribution in [0, 0.1) is 0 Å². The van der Waals surface area contributed by atoms with Crippen molar-refractivity contribution in [1.82, 2.24) is 0 Å². The minimum atomic E-state index is -1.74. The summed E-state index contributed by atoms with van der Waals surface area (Å²) in [4.78, 5) is 0. The van der Waals surface area contributed by atoms with Gasteiger partial charge in [-0.3, -0.25) is 4.52 Å². The molecular weight excluding hydrogens is 421 g/mol. The van der Waals surface area contributed by atoms with Crippen LogP contribution >= 0.6 is 54.8 Å². The molecule has 0 heterocycles. The van der Waals surface area contributed by atoms with Crippen LogP contribution < -0.4 is 4.52 Å². The van der Waals surface area contributed by atoms with Gasteiger partial charge in [0.25, 0.3) is 8.38 Å². The number of benzene rings is 1. The maximum absolute atomic E-state index is 6.58. The van der Waals surface area contributed by atoms with Crippen LogP contribution in [0.15, 0.2) is 30.3 Å². The Labute approximate surface area is 173 Å². The molecule has 0 aromatic heterocycles. The van der Waals surface area contributed by atoms with Crippen molar-refractivity contribution in [2.24, 2.45) is 0 Å². The predicted molar refractivity (Wildman–Crippen MR) is 112 cm³/mol. The first-order valence-corrected chi connectivity index (χ1v) is 11.5. The van der Waals surface area contributed by atoms with E-state index < -0.39 is 17.0 Å². The summed E-state index contributed by atoms with van der Waals surface area (Å²) in [5.41, 5.74) is 0. The lowest BCUT2D eigenvalue weighted by Crippen LogP contribution is -2.23. The van der Waals surface area contributed by atoms with Crippen molar-refractivity contribution in [3.8, 4) is 5.75 Å². The molecule has 2 nitrogen and oxygen atoms in total. The Morgan fingerprint density at radius 1 is 0.840 bits per heavy atom. The van der Waals surface area contributed by atoms with E-state index in [1.807, 2.05) is 30.3 Å². The zero-order valence-electron chi connectivity index (χ0n) is 14.8. The average Bonchev–Trinajstić information content (AvgIpc) is 2.55. The van der Waals surface area contributed by atoms with E-state index >= 15 is 0 Å². The molecule has 1 unspecified atom stereocenters. The summed E-state index contributed by atoms with van der Waals surface area (Å²) in [6.45, 7) is 4.24. The number of rotatable bonds is 13. The predicted octanol–water partition coefficient (Wildman–Crippen LogP) is 8.82. The summed E-state index contributed by atoms with van der Waals surface area (Å²) >= 11 is 25.9. The summed E-state index contributed by atoms with van der Waals surface area (Å²) in [5.74, 6) is 0.632. The van der Waals surface area contributed by atoms with Gasteiger partial charge >= 0.3 is 0 Å². The van der Waals surface area contributed by atoms with E-state index in [1.165, 1.54) is 0 Å². The highest BCUT2D eigenvalue weighted by Gasteiger charge is 2.44. The topological polar surface area (TPSA) is 18.5 Å². The molecular formula is C18H27Cl4O2P. The molecule has 1 aromatic rings. The highest BCUT2D eigenvalue weighted by Crippen LogP contribution is 2.62. The van der Waals surface area contributed by atoms with Crippen LogP contribution in [0.1, 0.15) is 65.2 Å². The number of hydrogen-bond acceptors (Lipinski definition) is 2. The molecule has 0 N–H and O–H groups in total. The molecule has 0 amide bonds. The summed E-state index contributed by atoms with van der Waals surface area (Å²) in [6, 6.07) is 9.32. The molecule has 1 rings (SSSR count). The summed E-state index contributed by atoms with van der Waals surface area (Å²) in [6.07, 6.45) is 7.04. The van der Waals surface area contributed by atoms with Gasteiger partial charge in [-0.1, -0.05) is 104 Å². The van der Waals surface area contributed by atoms with Crippen LogP contribution in [0.3, 0.4) is 0 Å². The standard InChI is InChI=1S/C18H27Cl4O2P/c1-3-5-10-14-17(19,20)24-25(18(21,22)15-11-6-4-2)23-16-12-8-7-9-13-16/h7-9,12-13H,3-6,10-11,14-15H2,1-2H3. The first-order chi connectivity index (χ1) is 11.8. The van der Waals surface area contributed by atoms with E-state index in [1.54, 1.807) is 0 Å². The summed E-state index contributed by atoms with van der Waals surface area (Å²) in [7, 11) is -1.74. The minimum absolute atomic E-state index is 0.500. The maximum atomic E-state index is 6.58. The van der Waals surface area contributed by atoms with Gasteiger partial charge in [0.1, 0.15) is 5.75 Å². The molecule has 0 saturated carbocycles. The molecule has 0 spiro atoms. The minimum Gasteiger partial charge on any atom is -0.445 e. The largest absolute Gasteiger partial charge is 0.445 e. The zero-order chi connectivity index (χ0) is 18.8. The molecule has 0 aliphatic carbocycles. The van der Waals surface area contributed by atoms with Gasteiger partial charge < -0.3 is 4.52 Å². The van der Waals surface area contributed by atoms with Gasteiger partial charge in [-0.15, -0.1) is 0 Å². The second kappa shape index (κ2) is 12.1. The van der Waals surface area contributed by atoms with Gasteiger partial charge in [0, 0.05) is 6.42 Å². The fourth-order valence-corrected chi connectivity index (χ4v) is 4.77. The number of para-hydroxylation sites is 1. The van der Waals surface area contributed by atoms with E-state index in [9.17, 15) is 0 Å². The van der Waals surface area contributed by atoms with Crippen LogP contribution in [0.25, 0.3) is 0 Å². The van der Waals surface area contributed by atoms with Gasteiger partial charge in [-0.2, -0.15) is 0 Å². The van der Waals surface area contributed by atoms with Gasteiger partial charge in [-0.25, -0.2) is 0 Å². The second-order valence-corrected chi connectivity index (χ2v) is 11.0. The van der Waals surface area contributed by atoms with E-state index in [0.717, 1.165) is 38.5 Å². The van der Waals surface area contributed by atoms with Crippen molar-refractivity contribution in [2.45, 2.75) is 73.8 Å². The third-order valence-corrected chi connectivity index (χ3v) is 7.13. The Kier molecular flexibility index (Phi) is 11.4. The Balaban J connectivity index is 2.82. The Morgan fingerprint density at radius 3 is 1.96 bits per heavy atom. The van der Waals surface area contributed by atoms with Crippen LogP contribution in [-0.4, -0.2) is 8.59 Å². The molecule has 0 saturated heterocycles. The van der Waals surface area contributed by atoms with Crippen molar-refractivity contribution in [1.29, 1.82) is 0 Å². The third kappa shape index (κ3) is 9.89. The maximum Gasteiger partial charge on any atom is 0.271 e. The van der Waals surface area contributed by atoms with Crippen LogP contribution in [0.2, 0.25) is 0 Å². The van der Waals surface area contributed by atoms with E-state index in [-0.39, 0.29) is 0 Å². The highest BCUT2D eigenvalue weighted by molar-refractivity contribution is 7.54. The van der Waals surface area contributed by atoms with Crippen molar-refractivity contribution < 1.29 is 9.05 Å². The van der Waals surface area contributed by atoms with Crippen molar-refractivity contribution in [2.75, 3.05) is 0 Å². The Hall–Kier alpha value is 0.570. The fourth-order valence-electron chi connectivity index (χ4n) is 2.16. The van der Waals surface area contributed by atoms with Crippen molar-refractivity contribution >= 4 is 54.8 Å². The van der Waals surface area contributed by atoms with Crippen LogP contribution in [0.4, 0.5) is 0 Å². The quantitative estimate of drug-likeness (QED) is 0.171. The molecule has 0 aliphatic heterocycles. The van der Waals surface area contributed by atoms with Crippen LogP contribution in [-0.2, 0) is 4.52 Å². The summed E-state index contributed by atoms with van der Waals surface area (Å²) < 4.78 is 9.31. The number of unbranched alkanes of at least 4 members (excludes halogenated alkanes) is 4. The molecule has 7 heteroatoms. The molecule has 0 fully saturated rings. The number of alkyl halides is 4. The zero-order valence-corrected chi connectivity index (χ0v) is 18.7. The van der Waals surface area contributed by atoms with Crippen molar-refractivity contribution in [3.63, 3.8) is 0 Å². The lowest BCUT2D eigenvalue weighted by molar-refractivity contribution is 0.224. The number of halogens is 4. The lowest BCUT2D eigenvalue weighted by atomic mass is 10.2. The first-order valence-electron chi connectivity index (χ1n) is 8.78. The third-order valence-electron chi connectivity index (χ3n) is 3.57. The van der Waals surface area contributed by atoms with E-state index in [4.69, 9.17) is 55.5 Å². The molecule has 25 heavy (non-hydrogen) atoms. The molecule has 0 radical (unpaired) electrons. The fraction of sp³-hybridized carbons (Fsp3) is 0.667. The molecule has 0 bridgehead atoms. The lowest BCUT2D eigenvalue weighted by Gasteiger charge is -2.33. The van der Waals surface area contributed by atoms with Gasteiger partial charge in [0.2, 0.25) is 4.52 Å².